The Kier molecular flexibility index (Phi) is 11.7. The van der Waals surface area contributed by atoms with Gasteiger partial charge in [-0.2, -0.15) is 0 Å². The molecule has 0 bridgehead atoms. The molecule has 0 radical (unpaired) electrons. The zero-order chi connectivity index (χ0) is 9.00. The SMILES string of the molecule is O=P(O)(O)O.[CH2-]C(F)(F)F.[K+]. The molecule has 4 nitrogen and oxygen atoms in total. The summed E-state index contributed by atoms with van der Waals surface area (Å²) in [5, 5.41) is 0. The third-order valence-electron chi connectivity index (χ3n) is 0. The Morgan fingerprint density at radius 3 is 1.18 bits per heavy atom. The summed E-state index contributed by atoms with van der Waals surface area (Å²) in [5.74, 6) is 0. The van der Waals surface area contributed by atoms with Crippen LogP contribution in [-0.4, -0.2) is 20.9 Å². The molecule has 3 N–H and O–H groups in total. The predicted octanol–water partition coefficient (Wildman–Crippen LogP) is -2.54. The Morgan fingerprint density at radius 2 is 1.18 bits per heavy atom. The molecule has 0 aromatic heterocycles. The zero-order valence-electron chi connectivity index (χ0n) is 5.54. The van der Waals surface area contributed by atoms with Crippen LogP contribution in [0.25, 0.3) is 0 Å². The van der Waals surface area contributed by atoms with Crippen molar-refractivity contribution in [2.45, 2.75) is 6.18 Å². The zero-order valence-corrected chi connectivity index (χ0v) is 9.56. The summed E-state index contributed by atoms with van der Waals surface area (Å²) in [7, 11) is -4.64. The molecule has 0 heterocycles. The molecule has 9 heteroatoms. The van der Waals surface area contributed by atoms with Crippen molar-refractivity contribution in [3.63, 3.8) is 0 Å². The van der Waals surface area contributed by atoms with E-state index in [1.165, 1.54) is 0 Å². The third kappa shape index (κ3) is 444. The maximum atomic E-state index is 10.2. The van der Waals surface area contributed by atoms with Gasteiger partial charge in [-0.05, 0) is 0 Å². The van der Waals surface area contributed by atoms with Crippen LogP contribution in [0.15, 0.2) is 0 Å². The van der Waals surface area contributed by atoms with Crippen LogP contribution in [0.5, 0.6) is 0 Å². The number of halogens is 3. The van der Waals surface area contributed by atoms with Crippen molar-refractivity contribution in [2.75, 3.05) is 0 Å². The van der Waals surface area contributed by atoms with Crippen LogP contribution in [0.1, 0.15) is 0 Å². The minimum Gasteiger partial charge on any atom is -0.303 e. The van der Waals surface area contributed by atoms with Gasteiger partial charge in [0.25, 0.3) is 6.18 Å². The first-order valence-corrected chi connectivity index (χ1v) is 3.27. The van der Waals surface area contributed by atoms with E-state index in [1.54, 1.807) is 6.92 Å². The van der Waals surface area contributed by atoms with Gasteiger partial charge in [-0.15, -0.1) is 0 Å². The quantitative estimate of drug-likeness (QED) is 0.239. The normalized spacial score (nSPS) is 10.8. The average Bonchev–Trinajstić information content (AvgIpc) is 1.12. The van der Waals surface area contributed by atoms with Gasteiger partial charge in [-0.3, -0.25) is 0 Å². The van der Waals surface area contributed by atoms with Gasteiger partial charge in [0.15, 0.2) is 0 Å². The van der Waals surface area contributed by atoms with E-state index in [-0.39, 0.29) is 51.4 Å². The van der Waals surface area contributed by atoms with Crippen LogP contribution in [0.3, 0.4) is 0 Å². The molecule has 0 fully saturated rings. The number of hydrogen-bond acceptors (Lipinski definition) is 1. The summed E-state index contributed by atoms with van der Waals surface area (Å²) < 4.78 is 39.6. The molecule has 0 aliphatic heterocycles. The van der Waals surface area contributed by atoms with Gasteiger partial charge in [-0.25, -0.2) is 24.7 Å². The van der Waals surface area contributed by atoms with Gasteiger partial charge >= 0.3 is 59.2 Å². The molecule has 0 saturated heterocycles. The maximum absolute atomic E-state index is 10.2. The van der Waals surface area contributed by atoms with Gasteiger partial charge in [0.05, 0.1) is 0 Å². The summed E-state index contributed by atoms with van der Waals surface area (Å²) in [5.41, 5.74) is 0. The monoisotopic (exact) mass is 220 g/mol. The summed E-state index contributed by atoms with van der Waals surface area (Å²) >= 11 is 0. The van der Waals surface area contributed by atoms with Crippen LogP contribution in [0.2, 0.25) is 0 Å². The molecule has 0 aromatic carbocycles. The Balaban J connectivity index is -0.000000107. The predicted molar refractivity (Wildman–Crippen MR) is 25.7 cm³/mol. The van der Waals surface area contributed by atoms with Gasteiger partial charge < -0.3 is 14.7 Å². The molecule has 0 aliphatic rings. The van der Waals surface area contributed by atoms with E-state index in [1.807, 2.05) is 0 Å². The number of hydrogen-bond donors (Lipinski definition) is 3. The van der Waals surface area contributed by atoms with Crippen molar-refractivity contribution >= 4 is 7.82 Å². The van der Waals surface area contributed by atoms with Gasteiger partial charge in [0, 0.05) is 0 Å². The molecule has 0 saturated carbocycles. The average molecular weight is 220 g/mol. The first kappa shape index (κ1) is 18.3. The topological polar surface area (TPSA) is 77.8 Å². The van der Waals surface area contributed by atoms with E-state index in [9.17, 15) is 13.2 Å². The summed E-state index contributed by atoms with van der Waals surface area (Å²) in [6.45, 7) is 1.77. The van der Waals surface area contributed by atoms with Crippen molar-refractivity contribution in [1.82, 2.24) is 0 Å². The molecule has 0 unspecified atom stereocenters. The molecule has 0 spiro atoms. The largest absolute Gasteiger partial charge is 1.00 e. The van der Waals surface area contributed by atoms with Crippen molar-refractivity contribution < 1.29 is 83.8 Å². The standard InChI is InChI=1S/C2H2F3.K.H3O4P/c1-2(3,4)5;;1-5(2,3)4/h1H2;;(H3,1,2,3,4)/q-1;+1;. The Bertz CT molecular complexity index is 116. The van der Waals surface area contributed by atoms with Crippen molar-refractivity contribution in [3.05, 3.63) is 6.92 Å². The minimum absolute atomic E-state index is 0. The second kappa shape index (κ2) is 6.99. The summed E-state index contributed by atoms with van der Waals surface area (Å²) in [6.07, 6.45) is -4.25. The van der Waals surface area contributed by atoms with E-state index >= 15 is 0 Å². The Labute approximate surface area is 103 Å². The third-order valence-corrected chi connectivity index (χ3v) is 0. The first-order valence-electron chi connectivity index (χ1n) is 1.70. The molecule has 11 heavy (non-hydrogen) atoms. The fourth-order valence-electron chi connectivity index (χ4n) is 0. The molecule has 0 aliphatic carbocycles. The molecular weight excluding hydrogens is 215 g/mol. The van der Waals surface area contributed by atoms with Crippen LogP contribution in [-0.2, 0) is 4.57 Å². The van der Waals surface area contributed by atoms with Crippen LogP contribution >= 0.6 is 7.82 Å². The van der Waals surface area contributed by atoms with E-state index in [4.69, 9.17) is 19.2 Å². The summed E-state index contributed by atoms with van der Waals surface area (Å²) in [4.78, 5) is 21.6. The fourth-order valence-corrected chi connectivity index (χ4v) is 0. The van der Waals surface area contributed by atoms with Crippen molar-refractivity contribution in [2.24, 2.45) is 0 Å². The van der Waals surface area contributed by atoms with Crippen LogP contribution in [0, 0.1) is 6.92 Å². The summed E-state index contributed by atoms with van der Waals surface area (Å²) in [6, 6.07) is 0. The molecular formula is C2H5F3KO4P. The Morgan fingerprint density at radius 1 is 1.18 bits per heavy atom. The van der Waals surface area contributed by atoms with Crippen molar-refractivity contribution in [3.8, 4) is 0 Å². The number of rotatable bonds is 0. The van der Waals surface area contributed by atoms with Gasteiger partial charge in [0.1, 0.15) is 0 Å². The fraction of sp³-hybridized carbons (Fsp3) is 0.500. The number of alkyl halides is 3. The molecule has 64 valence electrons. The van der Waals surface area contributed by atoms with Gasteiger partial charge in [-0.1, -0.05) is 0 Å². The molecule has 0 atom stereocenters. The minimum atomic E-state index is -4.64. The molecule has 0 aromatic rings. The number of phosphoric acid groups is 1. The van der Waals surface area contributed by atoms with E-state index in [0.717, 1.165) is 0 Å². The van der Waals surface area contributed by atoms with E-state index < -0.39 is 14.0 Å². The second-order valence-electron chi connectivity index (χ2n) is 1.13. The molecule has 0 amide bonds. The maximum Gasteiger partial charge on any atom is 1.00 e. The smallest absolute Gasteiger partial charge is 0.303 e. The Hall–Kier alpha value is 1.54. The second-order valence-corrected chi connectivity index (χ2v) is 2.16. The van der Waals surface area contributed by atoms with Crippen molar-refractivity contribution in [1.29, 1.82) is 0 Å². The first-order chi connectivity index (χ1) is 4.00. The van der Waals surface area contributed by atoms with E-state index in [2.05, 4.69) is 0 Å². The molecule has 0 rings (SSSR count). The van der Waals surface area contributed by atoms with Crippen LogP contribution < -0.4 is 51.4 Å². The van der Waals surface area contributed by atoms with Gasteiger partial charge in [0.2, 0.25) is 0 Å². The van der Waals surface area contributed by atoms with E-state index in [0.29, 0.717) is 0 Å². The van der Waals surface area contributed by atoms with Crippen LogP contribution in [0.4, 0.5) is 13.2 Å².